The number of ether oxygens (including phenoxy) is 6. The van der Waals surface area contributed by atoms with E-state index in [9.17, 15) is 71.1 Å². The lowest BCUT2D eigenvalue weighted by molar-refractivity contribution is -0.138. The van der Waals surface area contributed by atoms with Crippen LogP contribution in [-0.2, 0) is 53.1 Å². The van der Waals surface area contributed by atoms with Crippen molar-refractivity contribution in [2.75, 3.05) is 150 Å². The minimum absolute atomic E-state index is 0. The number of nitrogens with two attached hydrogens (primary N) is 1. The Bertz CT molecular complexity index is 4540. The summed E-state index contributed by atoms with van der Waals surface area (Å²) in [6.07, 6.45) is -2.47. The van der Waals surface area contributed by atoms with Crippen molar-refractivity contribution in [3.63, 3.8) is 0 Å². The molecule has 7 aromatic rings. The van der Waals surface area contributed by atoms with E-state index in [0.717, 1.165) is 107 Å². The van der Waals surface area contributed by atoms with Crippen molar-refractivity contribution >= 4 is 41.3 Å². The highest BCUT2D eigenvalue weighted by molar-refractivity contribution is 5.69. The van der Waals surface area contributed by atoms with Gasteiger partial charge in [0, 0.05) is 95.9 Å². The zero-order chi connectivity index (χ0) is 89.7. The van der Waals surface area contributed by atoms with Crippen LogP contribution in [0.25, 0.3) is 0 Å². The molecule has 1 saturated carbocycles. The Morgan fingerprint density at radius 1 is 0.435 bits per heavy atom. The fourth-order valence-electron chi connectivity index (χ4n) is 14.3. The lowest BCUT2D eigenvalue weighted by Gasteiger charge is -2.36. The lowest BCUT2D eigenvalue weighted by Crippen LogP contribution is -2.42. The third-order valence-electron chi connectivity index (χ3n) is 20.9. The van der Waals surface area contributed by atoms with Crippen molar-refractivity contribution < 1.29 is 120 Å². The number of rotatable bonds is 14. The Balaban J connectivity index is 0.000000571. The van der Waals surface area contributed by atoms with Crippen LogP contribution in [0, 0.1) is 41.2 Å². The zero-order valence-corrected chi connectivity index (χ0v) is 69.1. The molecule has 14 rings (SSSR count). The van der Waals surface area contributed by atoms with Gasteiger partial charge in [0.25, 0.3) is 5.95 Å². The van der Waals surface area contributed by atoms with Crippen molar-refractivity contribution in [3.8, 4) is 0 Å². The van der Waals surface area contributed by atoms with E-state index in [2.05, 4.69) is 65.8 Å². The van der Waals surface area contributed by atoms with Gasteiger partial charge in [0.15, 0.2) is 29.1 Å². The molecule has 1 aliphatic carbocycles. The van der Waals surface area contributed by atoms with Gasteiger partial charge in [-0.15, -0.1) is 0 Å². The quantitative estimate of drug-likeness (QED) is 0.0581. The van der Waals surface area contributed by atoms with E-state index < -0.39 is 99.7 Å². The van der Waals surface area contributed by atoms with Crippen LogP contribution in [-0.4, -0.2) is 208 Å². The van der Waals surface area contributed by atoms with Crippen LogP contribution < -0.4 is 36.4 Å². The topological polar surface area (TPSA) is 297 Å². The van der Waals surface area contributed by atoms with Gasteiger partial charge in [0.1, 0.15) is 30.2 Å². The summed E-state index contributed by atoms with van der Waals surface area (Å²) in [5, 5.41) is 9.30. The first-order valence-corrected chi connectivity index (χ1v) is 40.5. The zero-order valence-electron chi connectivity index (χ0n) is 73.1. The van der Waals surface area contributed by atoms with Crippen molar-refractivity contribution in [1.29, 1.82) is 0 Å². The number of hydrogen-bond donors (Lipinski definition) is 4. The molecule has 7 fully saturated rings. The number of nitrogens with zero attached hydrogens (tertiary/aromatic N) is 15. The van der Waals surface area contributed by atoms with Gasteiger partial charge in [-0.05, 0) is 153 Å². The first kappa shape index (κ1) is 96.2. The highest BCUT2D eigenvalue weighted by Gasteiger charge is 2.40. The van der Waals surface area contributed by atoms with E-state index in [0.29, 0.717) is 101 Å². The molecule has 0 spiro atoms. The normalized spacial score (nSPS) is 19.9. The number of piperidine rings is 2. The molecule has 0 bridgehead atoms. The Labute approximate surface area is 717 Å². The fourth-order valence-corrected chi connectivity index (χ4v) is 14.3. The maximum Gasteiger partial charge on any atom is 0.417 e. The smallest absolute Gasteiger partial charge is 0.417 e. The predicted octanol–water partition coefficient (Wildman–Crippen LogP) is 16.8. The van der Waals surface area contributed by atoms with Crippen LogP contribution in [0.15, 0.2) is 92.3 Å². The number of amides is 2. The molecule has 7 aliphatic rings. The molecule has 13 heterocycles. The number of likely N-dealkylation sites (tertiary alicyclic amines) is 2. The Morgan fingerprint density at radius 2 is 0.774 bits per heavy atom. The van der Waals surface area contributed by atoms with Crippen molar-refractivity contribution in [3.05, 3.63) is 161 Å². The number of alkyl halides is 12. The van der Waals surface area contributed by atoms with E-state index in [1.807, 2.05) is 41.5 Å². The first-order valence-electron chi connectivity index (χ1n) is 40.5. The minimum Gasteiger partial charge on any atom is -1.00 e. The highest BCUT2D eigenvalue weighted by Crippen LogP contribution is 2.39. The molecule has 0 radical (unpaired) electrons. The van der Waals surface area contributed by atoms with Gasteiger partial charge >= 0.3 is 36.9 Å². The minimum atomic E-state index is -4.50. The van der Waals surface area contributed by atoms with Crippen LogP contribution in [0.5, 0.6) is 0 Å². The summed E-state index contributed by atoms with van der Waals surface area (Å²) < 4.78 is 242. The van der Waals surface area contributed by atoms with E-state index >= 15 is 8.78 Å². The molecule has 696 valence electrons. The average Bonchev–Trinajstić information content (AvgIpc) is 0.789. The van der Waals surface area contributed by atoms with Gasteiger partial charge < -0.3 is 80.3 Å². The number of morpholine rings is 4. The second-order valence-electron chi connectivity index (χ2n) is 32.2. The molecule has 6 aliphatic heterocycles. The number of carbonyl (C=O) groups is 2. The monoisotopic (exact) mass is 1780 g/mol. The molecule has 0 unspecified atom stereocenters. The number of pyridine rings is 4. The van der Waals surface area contributed by atoms with Gasteiger partial charge in [-0.3, -0.25) is 19.9 Å². The number of anilines is 5. The van der Waals surface area contributed by atoms with Crippen LogP contribution >= 0.6 is 0 Å². The van der Waals surface area contributed by atoms with Crippen LogP contribution in [0.1, 0.15) is 180 Å². The second kappa shape index (κ2) is 43.3. The summed E-state index contributed by atoms with van der Waals surface area (Å²) in [5.74, 6) is -2.46. The molecule has 2 amide bonds. The summed E-state index contributed by atoms with van der Waals surface area (Å²) in [4.78, 5) is 70.9. The SMILES string of the molecule is CC(C)(C)OC(=O)N1CCC(CN)CC1.CC(C)(C)OC(=O)N1CCC(CNc2ncnc(N3CCOC[C@@H]3c3ccc(C(F)(F)F)cn3)c2F)CC1.FC(F)(F)c1ccc([C@H]2COCCN2)nc1.Fc1c(NCC2CCCCC2)ncnc1N1CCOC[C@@H]1c1ccc(C(F)(F)F)cn1.Fc1ncnc(N2CCOC[C@@H]2c2ccc(C(F)(F)F)cn2)c1F.[H-].[H-].[H-].[H-].[HH].[HH].[HH].[HH]. The Morgan fingerprint density at radius 3 is 1.10 bits per heavy atom. The standard InChI is InChI=1S/C25H32F4N6O3.C21H25F4N5O.C14H11F5N4O.C11H22N2O2.C10H11F3N2O.4H2.4H/c1-24(2,3)38-23(36)34-8-6-16(7-9-34)12-31-21-20(26)22(33-15-32-21)35-10-11-37-14-19(35)18-5-4-17(13-30-18)25(27,28)29;22-18-19(27-10-14-4-2-1-3-5-14)28-13-29-20(18)30-8-9-31-12-17(30)16-7-6-15(11-26-16)21(23,24)25;15-11-12(16)21-7-22-13(11)23-3-4-24-6-10(23)9-2-1-8(5-20-9)14(17,18)19;1-11(2,3)15-10(14)13-6-4-9(8-12)5-7-13;11-10(12,13)7-1-2-8(15-5-7)9-6-16-4-3-14-9;;;;;;;;/h4-5,13,15-16,19H,6-12,14H2,1-3H3,(H,31,32,33);6-7,11,13-14,17H,1-5,8-10,12H2,(H,27,28,29);1-2,5,7,10H,3-4,6H2;9H,4-8,12H2,1-3H3;1-2,5,9,14H,3-4,6H2;4*1H;;;;/q;;;;;;;;;4*-1/t19-;17-;10-;;9-;;;;;;;;/m111.1......../s1. The predicted molar refractivity (Wildman–Crippen MR) is 434 cm³/mol. The second-order valence-corrected chi connectivity index (χ2v) is 32.2. The molecule has 4 atom stereocenters. The van der Waals surface area contributed by atoms with Gasteiger partial charge in [-0.2, -0.15) is 70.2 Å². The third-order valence-corrected chi connectivity index (χ3v) is 20.9. The average molecular weight is 1780 g/mol. The molecular weight excluding hydrogens is 1670 g/mol. The number of nitrogens with one attached hydrogen (secondary N) is 3. The van der Waals surface area contributed by atoms with E-state index in [1.165, 1.54) is 61.1 Å². The number of halogens is 16. The summed E-state index contributed by atoms with van der Waals surface area (Å²) in [7, 11) is 0. The maximum atomic E-state index is 15.5. The summed E-state index contributed by atoms with van der Waals surface area (Å²) in [6, 6.07) is 7.03. The first-order chi connectivity index (χ1) is 58.7. The largest absolute Gasteiger partial charge is 1.00 e. The lowest BCUT2D eigenvalue weighted by atomic mass is 9.89. The number of carbonyl (C=O) groups excluding carboxylic acids is 2. The molecule has 5 N–H and O–H groups in total. The Hall–Kier alpha value is -9.98. The van der Waals surface area contributed by atoms with E-state index in [4.69, 9.17) is 34.2 Å². The molecule has 124 heavy (non-hydrogen) atoms. The fraction of sp³-hybridized carbons (Fsp3) is 0.580. The van der Waals surface area contributed by atoms with Gasteiger partial charge in [0.2, 0.25) is 17.5 Å². The number of aromatic nitrogens is 10. The van der Waals surface area contributed by atoms with Crippen LogP contribution in [0.3, 0.4) is 0 Å². The molecule has 6 saturated heterocycles. The van der Waals surface area contributed by atoms with Crippen molar-refractivity contribution in [1.82, 2.24) is 65.0 Å². The summed E-state index contributed by atoms with van der Waals surface area (Å²) in [6.45, 7) is 19.4. The summed E-state index contributed by atoms with van der Waals surface area (Å²) >= 11 is 0. The van der Waals surface area contributed by atoms with Crippen LogP contribution in [0.4, 0.5) is 109 Å². The van der Waals surface area contributed by atoms with Crippen molar-refractivity contribution in [2.24, 2.45) is 23.5 Å². The maximum absolute atomic E-state index is 15.5. The van der Waals surface area contributed by atoms with Gasteiger partial charge in [-0.1, -0.05) is 19.3 Å². The molecule has 27 nitrogen and oxygen atoms in total. The van der Waals surface area contributed by atoms with Crippen molar-refractivity contribution in [2.45, 2.75) is 159 Å². The van der Waals surface area contributed by atoms with Gasteiger partial charge in [0.05, 0.1) is 122 Å². The van der Waals surface area contributed by atoms with Crippen LogP contribution in [0.2, 0.25) is 0 Å². The Kier molecular flexibility index (Phi) is 33.6. The summed E-state index contributed by atoms with van der Waals surface area (Å²) in [5.41, 5.74) is 2.82. The molecular formula is C81H113F16N19O8-4. The van der Waals surface area contributed by atoms with E-state index in [-0.39, 0.29) is 110 Å². The van der Waals surface area contributed by atoms with Gasteiger partial charge in [-0.25, -0.2) is 39.5 Å². The highest BCUT2D eigenvalue weighted by atomic mass is 19.4. The van der Waals surface area contributed by atoms with E-state index in [1.54, 1.807) is 19.6 Å². The third kappa shape index (κ3) is 27.8. The molecule has 7 aromatic heterocycles. The molecule has 43 heteroatoms. The number of hydrogen-bond acceptors (Lipinski definition) is 25. The molecule has 0 aromatic carbocycles.